The molecular weight excluding hydrogens is 346 g/mol. The number of fused-ring (bicyclic) bond motifs is 1. The minimum absolute atomic E-state index is 0.0755. The summed E-state index contributed by atoms with van der Waals surface area (Å²) in [6.45, 7) is 4.62. The number of ether oxygens (including phenoxy) is 1. The Kier molecular flexibility index (Phi) is 4.37. The molecule has 0 unspecified atom stereocenters. The normalized spacial score (nSPS) is 11.0. The quantitative estimate of drug-likeness (QED) is 0.502. The van der Waals surface area contributed by atoms with Crippen molar-refractivity contribution in [2.75, 3.05) is 0 Å². The molecule has 0 fully saturated rings. The highest BCUT2D eigenvalue weighted by Crippen LogP contribution is 2.18. The van der Waals surface area contributed by atoms with E-state index in [-0.39, 0.29) is 6.61 Å². The second-order valence-electron chi connectivity index (χ2n) is 6.07. The van der Waals surface area contributed by atoms with E-state index in [0.29, 0.717) is 29.3 Å². The lowest BCUT2D eigenvalue weighted by atomic mass is 10.1. The molecule has 4 aromatic rings. The molecule has 0 aliphatic heterocycles. The summed E-state index contributed by atoms with van der Waals surface area (Å²) in [5.41, 5.74) is 3.87. The molecule has 27 heavy (non-hydrogen) atoms. The van der Waals surface area contributed by atoms with E-state index in [9.17, 15) is 4.79 Å². The Bertz CT molecular complexity index is 1100. The van der Waals surface area contributed by atoms with Crippen LogP contribution in [0.5, 0.6) is 0 Å². The van der Waals surface area contributed by atoms with Crippen LogP contribution >= 0.6 is 0 Å². The number of carbonyl (C=O) groups is 1. The number of carbonyl (C=O) groups excluding carboxylic acids is 1. The van der Waals surface area contributed by atoms with Crippen LogP contribution in [0.15, 0.2) is 47.0 Å². The van der Waals surface area contributed by atoms with Gasteiger partial charge in [-0.3, -0.25) is 0 Å². The minimum atomic E-state index is -0.482. The number of aromatic nitrogens is 5. The lowest BCUT2D eigenvalue weighted by molar-refractivity contribution is 0.0460. The first-order chi connectivity index (χ1) is 13.1. The van der Waals surface area contributed by atoms with Gasteiger partial charge in [-0.2, -0.15) is 4.98 Å². The highest BCUT2D eigenvalue weighted by molar-refractivity contribution is 5.93. The van der Waals surface area contributed by atoms with Gasteiger partial charge in [0.25, 0.3) is 5.89 Å². The van der Waals surface area contributed by atoms with Gasteiger partial charge in [0.2, 0.25) is 5.82 Å². The number of nitrogens with zero attached hydrogens (tertiary/aromatic N) is 5. The van der Waals surface area contributed by atoms with Crippen molar-refractivity contribution in [1.29, 1.82) is 0 Å². The predicted molar refractivity (Wildman–Crippen MR) is 96.8 cm³/mol. The first-order valence-electron chi connectivity index (χ1n) is 8.54. The topological polar surface area (TPSA) is 95.9 Å². The lowest BCUT2D eigenvalue weighted by Crippen LogP contribution is -2.06. The van der Waals surface area contributed by atoms with Gasteiger partial charge in [-0.15, -0.1) is 5.10 Å². The average Bonchev–Trinajstić information content (AvgIpc) is 3.33. The number of hydrogen-bond donors (Lipinski definition) is 0. The van der Waals surface area contributed by atoms with Gasteiger partial charge in [-0.1, -0.05) is 28.1 Å². The van der Waals surface area contributed by atoms with Crippen LogP contribution in [-0.4, -0.2) is 31.1 Å². The minimum Gasteiger partial charge on any atom is -0.454 e. The Morgan fingerprint density at radius 2 is 2.00 bits per heavy atom. The third-order valence-electron chi connectivity index (χ3n) is 4.15. The molecule has 0 saturated carbocycles. The monoisotopic (exact) mass is 363 g/mol. The molecule has 8 nitrogen and oxygen atoms in total. The van der Waals surface area contributed by atoms with Crippen LogP contribution in [0.25, 0.3) is 22.5 Å². The molecule has 136 valence electrons. The van der Waals surface area contributed by atoms with Crippen LogP contribution in [0.2, 0.25) is 0 Å². The summed E-state index contributed by atoms with van der Waals surface area (Å²) in [5, 5.41) is 11.9. The van der Waals surface area contributed by atoms with Crippen LogP contribution in [0.3, 0.4) is 0 Å². The van der Waals surface area contributed by atoms with Gasteiger partial charge in [0.05, 0.1) is 11.1 Å². The maximum Gasteiger partial charge on any atom is 0.338 e. The zero-order valence-corrected chi connectivity index (χ0v) is 14.9. The molecular formula is C19H17N5O3. The summed E-state index contributed by atoms with van der Waals surface area (Å²) in [6.07, 6.45) is 0. The van der Waals surface area contributed by atoms with E-state index in [1.165, 1.54) is 0 Å². The van der Waals surface area contributed by atoms with Crippen LogP contribution in [0.1, 0.15) is 28.7 Å². The van der Waals surface area contributed by atoms with E-state index >= 15 is 0 Å². The molecule has 2 aromatic heterocycles. The van der Waals surface area contributed by atoms with E-state index in [4.69, 9.17) is 9.26 Å². The summed E-state index contributed by atoms with van der Waals surface area (Å²) >= 11 is 0. The molecule has 0 N–H and O–H groups in total. The highest BCUT2D eigenvalue weighted by Gasteiger charge is 2.14. The van der Waals surface area contributed by atoms with Crippen LogP contribution in [0.4, 0.5) is 0 Å². The molecule has 0 amide bonds. The van der Waals surface area contributed by atoms with Crippen molar-refractivity contribution in [2.45, 2.75) is 27.0 Å². The zero-order chi connectivity index (χ0) is 18.8. The first-order valence-corrected chi connectivity index (χ1v) is 8.54. The van der Waals surface area contributed by atoms with E-state index in [2.05, 4.69) is 20.5 Å². The molecule has 0 bridgehead atoms. The van der Waals surface area contributed by atoms with Crippen LogP contribution in [-0.2, 0) is 17.9 Å². The van der Waals surface area contributed by atoms with Crippen molar-refractivity contribution < 1.29 is 14.1 Å². The molecule has 2 aromatic carbocycles. The maximum atomic E-state index is 12.3. The number of hydrogen-bond acceptors (Lipinski definition) is 7. The van der Waals surface area contributed by atoms with E-state index in [1.54, 1.807) is 22.9 Å². The average molecular weight is 363 g/mol. The van der Waals surface area contributed by atoms with Crippen molar-refractivity contribution in [2.24, 2.45) is 0 Å². The molecule has 4 rings (SSSR count). The number of rotatable bonds is 5. The number of benzene rings is 2. The molecule has 0 aliphatic rings. The second-order valence-corrected chi connectivity index (χ2v) is 6.07. The number of esters is 1. The molecule has 0 atom stereocenters. The highest BCUT2D eigenvalue weighted by atomic mass is 16.5. The maximum absolute atomic E-state index is 12.3. The van der Waals surface area contributed by atoms with E-state index < -0.39 is 5.97 Å². The fraction of sp³-hybridized carbons (Fsp3) is 0.211. The van der Waals surface area contributed by atoms with Gasteiger partial charge >= 0.3 is 5.97 Å². The zero-order valence-electron chi connectivity index (χ0n) is 14.9. The van der Waals surface area contributed by atoms with Crippen molar-refractivity contribution in [3.63, 3.8) is 0 Å². The second kappa shape index (κ2) is 6.99. The van der Waals surface area contributed by atoms with Gasteiger partial charge in [-0.05, 0) is 44.2 Å². The summed E-state index contributed by atoms with van der Waals surface area (Å²) < 4.78 is 12.3. The molecule has 0 saturated heterocycles. The van der Waals surface area contributed by atoms with E-state index in [1.807, 2.05) is 38.1 Å². The fourth-order valence-electron chi connectivity index (χ4n) is 2.67. The number of aryl methyl sites for hydroxylation is 2. The van der Waals surface area contributed by atoms with Gasteiger partial charge in [-0.25, -0.2) is 9.48 Å². The summed E-state index contributed by atoms with van der Waals surface area (Å²) in [7, 11) is 0. The molecule has 8 heteroatoms. The first kappa shape index (κ1) is 16.9. The Hall–Kier alpha value is -3.55. The van der Waals surface area contributed by atoms with Crippen molar-refractivity contribution in [3.05, 3.63) is 59.4 Å². The summed E-state index contributed by atoms with van der Waals surface area (Å²) in [5.74, 6) is 0.209. The van der Waals surface area contributed by atoms with Gasteiger partial charge in [0.15, 0.2) is 6.61 Å². The Morgan fingerprint density at radius 3 is 2.78 bits per heavy atom. The lowest BCUT2D eigenvalue weighted by Gasteiger charge is -2.02. The van der Waals surface area contributed by atoms with Crippen molar-refractivity contribution in [1.82, 2.24) is 25.1 Å². The smallest absolute Gasteiger partial charge is 0.338 e. The summed E-state index contributed by atoms with van der Waals surface area (Å²) in [4.78, 5) is 16.5. The largest absolute Gasteiger partial charge is 0.454 e. The van der Waals surface area contributed by atoms with Crippen molar-refractivity contribution in [3.8, 4) is 11.5 Å². The standard InChI is InChI=1S/C19H17N5O3/c1-3-24-16-9-8-14(10-15(16)21-23-24)19(25)26-11-17-20-18(27-22-17)13-6-4-12(2)5-7-13/h4-10H,3,11H2,1-2H3. The summed E-state index contributed by atoms with van der Waals surface area (Å²) in [6, 6.07) is 12.9. The van der Waals surface area contributed by atoms with Gasteiger partial charge < -0.3 is 9.26 Å². The fourth-order valence-corrected chi connectivity index (χ4v) is 2.67. The SMILES string of the molecule is CCn1nnc2cc(C(=O)OCc3noc(-c4ccc(C)cc4)n3)ccc21. The molecule has 0 radical (unpaired) electrons. The molecule has 0 aliphatic carbocycles. The van der Waals surface area contributed by atoms with E-state index in [0.717, 1.165) is 16.6 Å². The van der Waals surface area contributed by atoms with Crippen LogP contribution in [0, 0.1) is 6.92 Å². The molecule has 0 spiro atoms. The Balaban J connectivity index is 1.44. The third kappa shape index (κ3) is 3.41. The molecule has 2 heterocycles. The Labute approximate surface area is 154 Å². The van der Waals surface area contributed by atoms with Crippen molar-refractivity contribution >= 4 is 17.0 Å². The predicted octanol–water partition coefficient (Wildman–Crippen LogP) is 3.17. The third-order valence-corrected chi connectivity index (χ3v) is 4.15. The van der Waals surface area contributed by atoms with Gasteiger partial charge in [0, 0.05) is 12.1 Å². The Morgan fingerprint density at radius 1 is 1.19 bits per heavy atom. The van der Waals surface area contributed by atoms with Gasteiger partial charge in [0.1, 0.15) is 5.52 Å². The van der Waals surface area contributed by atoms with Crippen LogP contribution < -0.4 is 0 Å².